The fourth-order valence-corrected chi connectivity index (χ4v) is 3.92. The number of carbonyl (C=O) groups excluding carboxylic acids is 2. The van der Waals surface area contributed by atoms with Gasteiger partial charge in [-0.3, -0.25) is 9.59 Å². The minimum atomic E-state index is -0.491. The second kappa shape index (κ2) is 22.1. The van der Waals surface area contributed by atoms with Gasteiger partial charge in [-0.05, 0) is 12.8 Å². The summed E-state index contributed by atoms with van der Waals surface area (Å²) in [5.41, 5.74) is 5.95. The number of rotatable bonds is 22. The fraction of sp³-hybridized carbons (Fsp3) is 0.923. The Morgan fingerprint density at radius 3 is 1.61 bits per heavy atom. The van der Waals surface area contributed by atoms with Crippen molar-refractivity contribution in [2.45, 2.75) is 135 Å². The molecule has 0 aliphatic carbocycles. The Labute approximate surface area is 193 Å². The molecule has 1 atom stereocenters. The van der Waals surface area contributed by atoms with Gasteiger partial charge in [-0.15, -0.1) is 0 Å². The maximum absolute atomic E-state index is 12.2. The molecule has 31 heavy (non-hydrogen) atoms. The van der Waals surface area contributed by atoms with Crippen molar-refractivity contribution >= 4 is 11.8 Å². The van der Waals surface area contributed by atoms with Gasteiger partial charge in [0.2, 0.25) is 11.8 Å². The van der Waals surface area contributed by atoms with Crippen molar-refractivity contribution in [3.8, 4) is 0 Å². The molecule has 0 aromatic carbocycles. The summed E-state index contributed by atoms with van der Waals surface area (Å²) >= 11 is 0. The van der Waals surface area contributed by atoms with Crippen molar-refractivity contribution in [2.24, 2.45) is 5.73 Å². The molecule has 1 unspecified atom stereocenters. The van der Waals surface area contributed by atoms with E-state index in [4.69, 9.17) is 5.73 Å². The van der Waals surface area contributed by atoms with Gasteiger partial charge in [-0.2, -0.15) is 0 Å². The molecule has 0 aliphatic heterocycles. The van der Waals surface area contributed by atoms with Crippen molar-refractivity contribution in [2.75, 3.05) is 20.1 Å². The van der Waals surface area contributed by atoms with E-state index in [9.17, 15) is 9.59 Å². The molecule has 3 N–H and O–H groups in total. The first-order valence-corrected chi connectivity index (χ1v) is 13.3. The molecular formula is C26H53N3O2. The second-order valence-electron chi connectivity index (χ2n) is 9.24. The number of nitrogens with one attached hydrogen (secondary N) is 1. The van der Waals surface area contributed by atoms with Gasteiger partial charge in [0.25, 0.3) is 0 Å². The first-order chi connectivity index (χ1) is 15.0. The number of nitrogens with zero attached hydrogens (tertiary/aromatic N) is 1. The van der Waals surface area contributed by atoms with Crippen LogP contribution in [0.2, 0.25) is 0 Å². The third-order valence-electron chi connectivity index (χ3n) is 6.05. The number of hydrogen-bond acceptors (Lipinski definition) is 3. The summed E-state index contributed by atoms with van der Waals surface area (Å²) < 4.78 is 0. The predicted octanol–water partition coefficient (Wildman–Crippen LogP) is 5.95. The highest BCUT2D eigenvalue weighted by molar-refractivity contribution is 5.87. The second-order valence-corrected chi connectivity index (χ2v) is 9.24. The Morgan fingerprint density at radius 1 is 0.710 bits per heavy atom. The molecular weight excluding hydrogens is 386 g/mol. The van der Waals surface area contributed by atoms with Gasteiger partial charge >= 0.3 is 0 Å². The molecule has 0 rings (SSSR count). The van der Waals surface area contributed by atoms with Crippen molar-refractivity contribution < 1.29 is 9.59 Å². The first kappa shape index (κ1) is 29.9. The number of likely N-dealkylation sites (N-methyl/N-ethyl adjacent to an activating group) is 1. The average Bonchev–Trinajstić information content (AvgIpc) is 2.75. The van der Waals surface area contributed by atoms with Gasteiger partial charge in [0.1, 0.15) is 0 Å². The lowest BCUT2D eigenvalue weighted by Gasteiger charge is -2.20. The van der Waals surface area contributed by atoms with Crippen molar-refractivity contribution in [1.29, 1.82) is 0 Å². The fourth-order valence-electron chi connectivity index (χ4n) is 3.92. The highest BCUT2D eigenvalue weighted by atomic mass is 16.2. The van der Waals surface area contributed by atoms with E-state index in [2.05, 4.69) is 19.2 Å². The summed E-state index contributed by atoms with van der Waals surface area (Å²) in [6.07, 6.45) is 22.5. The average molecular weight is 440 g/mol. The van der Waals surface area contributed by atoms with Crippen LogP contribution in [-0.4, -0.2) is 42.9 Å². The summed E-state index contributed by atoms with van der Waals surface area (Å²) in [4.78, 5) is 25.7. The molecule has 0 saturated heterocycles. The van der Waals surface area contributed by atoms with Crippen LogP contribution in [0.15, 0.2) is 0 Å². The van der Waals surface area contributed by atoms with Gasteiger partial charge in [-0.25, -0.2) is 0 Å². The SMILES string of the molecule is CCCCCCCCCCCCCCCCNC(=O)CN(C)C(=O)C(N)CCCCC. The molecule has 184 valence electrons. The van der Waals surface area contributed by atoms with Crippen LogP contribution < -0.4 is 11.1 Å². The van der Waals surface area contributed by atoms with Crippen LogP contribution in [0.4, 0.5) is 0 Å². The first-order valence-electron chi connectivity index (χ1n) is 13.3. The maximum atomic E-state index is 12.2. The van der Waals surface area contributed by atoms with Gasteiger partial charge < -0.3 is 16.0 Å². The molecule has 0 aliphatic rings. The van der Waals surface area contributed by atoms with E-state index >= 15 is 0 Å². The normalized spacial score (nSPS) is 12.0. The van der Waals surface area contributed by atoms with Crippen molar-refractivity contribution in [1.82, 2.24) is 10.2 Å². The Hall–Kier alpha value is -1.10. The Bertz CT molecular complexity index is 429. The van der Waals surface area contributed by atoms with Crippen molar-refractivity contribution in [3.05, 3.63) is 0 Å². The number of carbonyl (C=O) groups is 2. The monoisotopic (exact) mass is 439 g/mol. The van der Waals surface area contributed by atoms with Gasteiger partial charge in [0, 0.05) is 13.6 Å². The molecule has 2 amide bonds. The highest BCUT2D eigenvalue weighted by Gasteiger charge is 2.19. The third kappa shape index (κ3) is 19.3. The third-order valence-corrected chi connectivity index (χ3v) is 6.05. The molecule has 0 radical (unpaired) electrons. The number of unbranched alkanes of at least 4 members (excludes halogenated alkanes) is 15. The highest BCUT2D eigenvalue weighted by Crippen LogP contribution is 2.12. The number of amides is 2. The minimum absolute atomic E-state index is 0.0914. The van der Waals surface area contributed by atoms with E-state index < -0.39 is 6.04 Å². The standard InChI is InChI=1S/C26H53N3O2/c1-4-6-8-9-10-11-12-13-14-15-16-17-18-20-22-28-25(30)23-29(3)26(31)24(27)21-19-7-5-2/h24H,4-23,27H2,1-3H3,(H,28,30). The molecule has 0 spiro atoms. The van der Waals surface area contributed by atoms with E-state index in [0.717, 1.165) is 32.1 Å². The smallest absolute Gasteiger partial charge is 0.239 e. The topological polar surface area (TPSA) is 75.4 Å². The lowest BCUT2D eigenvalue weighted by Crippen LogP contribution is -2.46. The molecule has 0 saturated carbocycles. The lowest BCUT2D eigenvalue weighted by molar-refractivity contribution is -0.135. The Kier molecular flexibility index (Phi) is 21.3. The molecule has 0 aromatic rings. The van der Waals surface area contributed by atoms with E-state index in [1.54, 1.807) is 7.05 Å². The molecule has 0 heterocycles. The molecule has 5 heteroatoms. The summed E-state index contributed by atoms with van der Waals surface area (Å²) in [6.45, 7) is 5.19. The number of nitrogens with two attached hydrogens (primary N) is 1. The van der Waals surface area contributed by atoms with Crippen LogP contribution in [0.3, 0.4) is 0 Å². The minimum Gasteiger partial charge on any atom is -0.355 e. The lowest BCUT2D eigenvalue weighted by atomic mass is 10.0. The molecule has 0 fully saturated rings. The van der Waals surface area contributed by atoms with Crippen LogP contribution in [-0.2, 0) is 9.59 Å². The van der Waals surface area contributed by atoms with Crippen LogP contribution in [0.5, 0.6) is 0 Å². The maximum Gasteiger partial charge on any atom is 0.239 e. The largest absolute Gasteiger partial charge is 0.355 e. The zero-order chi connectivity index (χ0) is 23.2. The van der Waals surface area contributed by atoms with Gasteiger partial charge in [0.05, 0.1) is 12.6 Å². The van der Waals surface area contributed by atoms with Gasteiger partial charge in [0.15, 0.2) is 0 Å². The van der Waals surface area contributed by atoms with Crippen LogP contribution in [0, 0.1) is 0 Å². The Balaban J connectivity index is 3.48. The summed E-state index contributed by atoms with van der Waals surface area (Å²) in [6, 6.07) is -0.491. The summed E-state index contributed by atoms with van der Waals surface area (Å²) in [5.74, 6) is -0.228. The van der Waals surface area contributed by atoms with E-state index in [0.29, 0.717) is 13.0 Å². The van der Waals surface area contributed by atoms with Crippen LogP contribution in [0.25, 0.3) is 0 Å². The van der Waals surface area contributed by atoms with E-state index in [1.807, 2.05) is 0 Å². The zero-order valence-electron chi connectivity index (χ0n) is 21.1. The van der Waals surface area contributed by atoms with E-state index in [-0.39, 0.29) is 18.4 Å². The van der Waals surface area contributed by atoms with Gasteiger partial charge in [-0.1, -0.05) is 117 Å². The quantitative estimate of drug-likeness (QED) is 0.205. The molecule has 0 aromatic heterocycles. The van der Waals surface area contributed by atoms with Crippen LogP contribution in [0.1, 0.15) is 129 Å². The zero-order valence-corrected chi connectivity index (χ0v) is 21.1. The molecule has 0 bridgehead atoms. The summed E-state index contributed by atoms with van der Waals surface area (Å²) in [5, 5.41) is 2.93. The Morgan fingerprint density at radius 2 is 1.13 bits per heavy atom. The van der Waals surface area contributed by atoms with E-state index in [1.165, 1.54) is 81.9 Å². The summed E-state index contributed by atoms with van der Waals surface area (Å²) in [7, 11) is 1.66. The molecule has 5 nitrogen and oxygen atoms in total. The van der Waals surface area contributed by atoms with Crippen molar-refractivity contribution in [3.63, 3.8) is 0 Å². The number of hydrogen-bond donors (Lipinski definition) is 2. The van der Waals surface area contributed by atoms with Crippen LogP contribution >= 0.6 is 0 Å². The predicted molar refractivity (Wildman–Crippen MR) is 133 cm³/mol.